The summed E-state index contributed by atoms with van der Waals surface area (Å²) in [4.78, 5) is 11.7. The van der Waals surface area contributed by atoms with Gasteiger partial charge in [-0.25, -0.2) is 0 Å². The van der Waals surface area contributed by atoms with Gasteiger partial charge in [0.15, 0.2) is 0 Å². The Morgan fingerprint density at radius 2 is 2.47 bits per heavy atom. The highest BCUT2D eigenvalue weighted by Gasteiger charge is 2.38. The Morgan fingerprint density at radius 3 is 3.00 bits per heavy atom. The van der Waals surface area contributed by atoms with Gasteiger partial charge in [-0.05, 0) is 12.3 Å². The van der Waals surface area contributed by atoms with Gasteiger partial charge >= 0.3 is 0 Å². The highest BCUT2D eigenvalue weighted by atomic mass is 16.5. The van der Waals surface area contributed by atoms with Crippen LogP contribution in [0.5, 0.6) is 0 Å². The van der Waals surface area contributed by atoms with Crippen molar-refractivity contribution >= 4 is 5.91 Å². The second kappa shape index (κ2) is 5.44. The molecule has 1 rings (SSSR count). The van der Waals surface area contributed by atoms with Gasteiger partial charge in [0.25, 0.3) is 0 Å². The number of carbonyl (C=O) groups is 1. The van der Waals surface area contributed by atoms with Crippen molar-refractivity contribution in [3.05, 3.63) is 0 Å². The fourth-order valence-corrected chi connectivity index (χ4v) is 1.55. The van der Waals surface area contributed by atoms with Crippen molar-refractivity contribution in [1.82, 2.24) is 5.32 Å². The Bertz CT molecular complexity index is 215. The van der Waals surface area contributed by atoms with E-state index in [1.165, 1.54) is 0 Å². The minimum absolute atomic E-state index is 0.122. The first-order chi connectivity index (χ1) is 7.08. The molecule has 0 radical (unpaired) electrons. The smallest absolute Gasteiger partial charge is 0.242 e. The molecule has 5 nitrogen and oxygen atoms in total. The zero-order chi connectivity index (χ0) is 11.3. The van der Waals surface area contributed by atoms with Crippen molar-refractivity contribution in [1.29, 1.82) is 0 Å². The monoisotopic (exact) mass is 216 g/mol. The molecule has 88 valence electrons. The number of rotatable bonds is 5. The molecule has 1 saturated heterocycles. The molecule has 0 bridgehead atoms. The third-order valence-corrected chi connectivity index (χ3v) is 2.57. The van der Waals surface area contributed by atoms with Crippen molar-refractivity contribution in [3.63, 3.8) is 0 Å². The average molecular weight is 216 g/mol. The molecule has 0 aromatic heterocycles. The quantitative estimate of drug-likeness (QED) is 0.650. The van der Waals surface area contributed by atoms with E-state index >= 15 is 0 Å². The summed E-state index contributed by atoms with van der Waals surface area (Å²) < 4.78 is 10.1. The topological polar surface area (TPSA) is 73.6 Å². The molecule has 3 N–H and O–H groups in total. The number of hydrogen-bond acceptors (Lipinski definition) is 4. The van der Waals surface area contributed by atoms with Gasteiger partial charge < -0.3 is 20.5 Å². The summed E-state index contributed by atoms with van der Waals surface area (Å²) in [6.45, 7) is 4.12. The molecule has 1 heterocycles. The standard InChI is InChI=1S/C10H20N2O3/c1-8(6-14-2)5-12-9(13)10(11)3-4-15-7-10/h8H,3-7,11H2,1-2H3,(H,12,13). The van der Waals surface area contributed by atoms with Crippen LogP contribution in [0.4, 0.5) is 0 Å². The van der Waals surface area contributed by atoms with Crippen LogP contribution in [0.3, 0.4) is 0 Å². The molecule has 1 fully saturated rings. The van der Waals surface area contributed by atoms with E-state index in [-0.39, 0.29) is 5.91 Å². The molecule has 1 amide bonds. The first-order valence-corrected chi connectivity index (χ1v) is 5.22. The normalized spacial score (nSPS) is 27.7. The molecule has 5 heteroatoms. The summed E-state index contributed by atoms with van der Waals surface area (Å²) in [5.74, 6) is 0.174. The van der Waals surface area contributed by atoms with Gasteiger partial charge in [-0.15, -0.1) is 0 Å². The Balaban J connectivity index is 2.29. The van der Waals surface area contributed by atoms with Gasteiger partial charge in [0, 0.05) is 20.3 Å². The van der Waals surface area contributed by atoms with Crippen molar-refractivity contribution < 1.29 is 14.3 Å². The highest BCUT2D eigenvalue weighted by Crippen LogP contribution is 2.15. The van der Waals surface area contributed by atoms with Gasteiger partial charge in [0.2, 0.25) is 5.91 Å². The third kappa shape index (κ3) is 3.44. The zero-order valence-corrected chi connectivity index (χ0v) is 9.41. The molecular weight excluding hydrogens is 196 g/mol. The van der Waals surface area contributed by atoms with E-state index in [9.17, 15) is 4.79 Å². The number of ether oxygens (including phenoxy) is 2. The van der Waals surface area contributed by atoms with Gasteiger partial charge in [0.05, 0.1) is 13.2 Å². The Morgan fingerprint density at radius 1 is 1.73 bits per heavy atom. The summed E-state index contributed by atoms with van der Waals surface area (Å²) >= 11 is 0. The molecule has 15 heavy (non-hydrogen) atoms. The largest absolute Gasteiger partial charge is 0.384 e. The lowest BCUT2D eigenvalue weighted by molar-refractivity contribution is -0.126. The zero-order valence-electron chi connectivity index (χ0n) is 9.41. The van der Waals surface area contributed by atoms with Crippen molar-refractivity contribution in [2.24, 2.45) is 11.7 Å². The van der Waals surface area contributed by atoms with Crippen LogP contribution < -0.4 is 11.1 Å². The number of amides is 1. The molecule has 2 unspecified atom stereocenters. The summed E-state index contributed by atoms with van der Waals surface area (Å²) in [6, 6.07) is 0. The van der Waals surface area contributed by atoms with E-state index in [0.29, 0.717) is 38.7 Å². The fraction of sp³-hybridized carbons (Fsp3) is 0.900. The summed E-state index contributed by atoms with van der Waals surface area (Å²) in [6.07, 6.45) is 0.595. The average Bonchev–Trinajstić information content (AvgIpc) is 2.63. The maximum absolute atomic E-state index is 11.7. The molecule has 2 atom stereocenters. The molecule has 0 aromatic rings. The maximum atomic E-state index is 11.7. The van der Waals surface area contributed by atoms with E-state index in [1.807, 2.05) is 6.92 Å². The van der Waals surface area contributed by atoms with Crippen LogP contribution in [0.15, 0.2) is 0 Å². The second-order valence-electron chi connectivity index (χ2n) is 4.23. The second-order valence-corrected chi connectivity index (χ2v) is 4.23. The Labute approximate surface area is 90.3 Å². The van der Waals surface area contributed by atoms with Crippen LogP contribution in [0.2, 0.25) is 0 Å². The van der Waals surface area contributed by atoms with E-state index in [1.54, 1.807) is 7.11 Å². The highest BCUT2D eigenvalue weighted by molar-refractivity contribution is 5.86. The molecule has 0 aromatic carbocycles. The van der Waals surface area contributed by atoms with Crippen LogP contribution in [0.1, 0.15) is 13.3 Å². The third-order valence-electron chi connectivity index (χ3n) is 2.57. The maximum Gasteiger partial charge on any atom is 0.242 e. The van der Waals surface area contributed by atoms with Gasteiger partial charge in [-0.2, -0.15) is 0 Å². The van der Waals surface area contributed by atoms with Crippen molar-refractivity contribution in [3.8, 4) is 0 Å². The first-order valence-electron chi connectivity index (χ1n) is 5.22. The van der Waals surface area contributed by atoms with E-state index in [0.717, 1.165) is 0 Å². The molecule has 0 spiro atoms. The van der Waals surface area contributed by atoms with Crippen LogP contribution in [-0.4, -0.2) is 44.9 Å². The van der Waals surface area contributed by atoms with Crippen LogP contribution in [-0.2, 0) is 14.3 Å². The number of methoxy groups -OCH3 is 1. The number of nitrogens with two attached hydrogens (primary N) is 1. The summed E-state index contributed by atoms with van der Waals surface area (Å²) in [5.41, 5.74) is 5.07. The number of hydrogen-bond donors (Lipinski definition) is 2. The SMILES string of the molecule is COCC(C)CNC(=O)C1(N)CCOC1. The molecular formula is C10H20N2O3. The van der Waals surface area contributed by atoms with Crippen LogP contribution >= 0.6 is 0 Å². The van der Waals surface area contributed by atoms with Crippen LogP contribution in [0.25, 0.3) is 0 Å². The summed E-state index contributed by atoms with van der Waals surface area (Å²) in [5, 5.41) is 2.83. The Kier molecular flexibility index (Phi) is 4.50. The predicted octanol–water partition coefficient (Wildman–Crippen LogP) is -0.497. The Hall–Kier alpha value is -0.650. The minimum atomic E-state index is -0.827. The van der Waals surface area contributed by atoms with E-state index in [4.69, 9.17) is 15.2 Å². The van der Waals surface area contributed by atoms with Crippen molar-refractivity contribution in [2.75, 3.05) is 33.5 Å². The molecule has 0 saturated carbocycles. The lowest BCUT2D eigenvalue weighted by atomic mass is 9.99. The number of nitrogens with one attached hydrogen (secondary N) is 1. The first kappa shape index (κ1) is 12.4. The molecule has 0 aliphatic carbocycles. The van der Waals surface area contributed by atoms with E-state index < -0.39 is 5.54 Å². The van der Waals surface area contributed by atoms with Gasteiger partial charge in [0.1, 0.15) is 5.54 Å². The predicted molar refractivity (Wildman–Crippen MR) is 56.4 cm³/mol. The van der Waals surface area contributed by atoms with Gasteiger partial charge in [-0.3, -0.25) is 4.79 Å². The van der Waals surface area contributed by atoms with Crippen molar-refractivity contribution in [2.45, 2.75) is 18.9 Å². The van der Waals surface area contributed by atoms with E-state index in [2.05, 4.69) is 5.32 Å². The molecule has 1 aliphatic heterocycles. The number of carbonyl (C=O) groups excluding carboxylic acids is 1. The lowest BCUT2D eigenvalue weighted by Gasteiger charge is -2.21. The van der Waals surface area contributed by atoms with Gasteiger partial charge in [-0.1, -0.05) is 6.92 Å². The summed E-state index contributed by atoms with van der Waals surface area (Å²) in [7, 11) is 1.65. The van der Waals surface area contributed by atoms with Crippen LogP contribution in [0, 0.1) is 5.92 Å². The fourth-order valence-electron chi connectivity index (χ4n) is 1.55. The minimum Gasteiger partial charge on any atom is -0.384 e. The molecule has 1 aliphatic rings. The lowest BCUT2D eigenvalue weighted by Crippen LogP contribution is -2.55.